The van der Waals surface area contributed by atoms with Crippen molar-refractivity contribution in [3.05, 3.63) is 29.1 Å². The molecule has 0 bridgehead atoms. The Labute approximate surface area is 219 Å². The Balaban J connectivity index is 0.000000753. The number of aliphatic hydroxyl groups is 2. The third-order valence-corrected chi connectivity index (χ3v) is 7.69. The molecule has 220 valence electrons. The number of H-pyrrole nitrogens is 2. The number of anilines is 3. The van der Waals surface area contributed by atoms with Crippen LogP contribution in [0.2, 0.25) is 0 Å². The molecular formula is C15H25N7O14P2S. The molecule has 1 fully saturated rings. The lowest BCUT2D eigenvalue weighted by Gasteiger charge is -2.30. The van der Waals surface area contributed by atoms with Gasteiger partial charge in [-0.05, 0) is 0 Å². The second kappa shape index (κ2) is 11.2. The molecular weight excluding hydrogens is 596 g/mol. The molecule has 1 saturated heterocycles. The minimum atomic E-state index is -5.49. The standard InChI is InChI=1S/C12H21N5O14P2S.C3H4N2/c1-16-4-17(8-6(16)9(19)15-11(13)14-8)10-7(18)12(20,30-34(2,26)27)5(29-10)3-28-33(24,25)31-32(21,22)23;1-2-5-3-4-1/h5,7,10,18,20H,3-4H2,1-2H3,(H,24,25)(H2,21,22,23)(H3,13,14,15,19);1-3H,(H,4,5)/t5-,7+,10-,12+;/m1./s1. The van der Waals surface area contributed by atoms with Crippen molar-refractivity contribution in [1.82, 2.24) is 19.9 Å². The zero-order valence-electron chi connectivity index (χ0n) is 20.0. The van der Waals surface area contributed by atoms with E-state index < -0.39 is 62.2 Å². The highest BCUT2D eigenvalue weighted by Crippen LogP contribution is 2.58. The Morgan fingerprint density at radius 1 is 1.33 bits per heavy atom. The van der Waals surface area contributed by atoms with Crippen molar-refractivity contribution in [2.75, 3.05) is 42.1 Å². The van der Waals surface area contributed by atoms with E-state index in [4.69, 9.17) is 20.3 Å². The molecule has 0 saturated carbocycles. The van der Waals surface area contributed by atoms with Gasteiger partial charge in [0.15, 0.2) is 18.1 Å². The van der Waals surface area contributed by atoms with Crippen LogP contribution in [0.5, 0.6) is 0 Å². The van der Waals surface area contributed by atoms with Gasteiger partial charge in [0.25, 0.3) is 15.7 Å². The topological polar surface area (TPSA) is 313 Å². The molecule has 4 heterocycles. The molecule has 1 unspecified atom stereocenters. The summed E-state index contributed by atoms with van der Waals surface area (Å²) in [5.74, 6) is -3.56. The fraction of sp³-hybridized carbons (Fsp3) is 0.533. The van der Waals surface area contributed by atoms with Crippen LogP contribution in [-0.2, 0) is 37.0 Å². The second-order valence-corrected chi connectivity index (χ2v) is 12.4. The molecule has 2 aromatic rings. The number of aliphatic hydroxyl groups excluding tert-OH is 1. The van der Waals surface area contributed by atoms with E-state index >= 15 is 0 Å². The van der Waals surface area contributed by atoms with Gasteiger partial charge in [0.1, 0.15) is 11.8 Å². The number of nitrogens with two attached hydrogens (primary N) is 1. The maximum atomic E-state index is 12.2. The largest absolute Gasteiger partial charge is 0.481 e. The maximum absolute atomic E-state index is 12.2. The normalized spacial score (nSPS) is 26.6. The number of hydrogen-bond donors (Lipinski definition) is 8. The number of hydrogen-bond acceptors (Lipinski definition) is 16. The number of nitrogen functional groups attached to an aromatic ring is 1. The summed E-state index contributed by atoms with van der Waals surface area (Å²) in [5, 5.41) is 21.6. The number of nitrogens with one attached hydrogen (secondary N) is 2. The van der Waals surface area contributed by atoms with Gasteiger partial charge in [0, 0.05) is 19.4 Å². The van der Waals surface area contributed by atoms with Gasteiger partial charge >= 0.3 is 15.6 Å². The number of phosphoric ester groups is 1. The molecule has 0 spiro atoms. The van der Waals surface area contributed by atoms with Gasteiger partial charge in [-0.15, -0.1) is 0 Å². The lowest BCUT2D eigenvalue weighted by molar-refractivity contribution is -0.212. The first-order valence-corrected chi connectivity index (χ1v) is 15.2. The summed E-state index contributed by atoms with van der Waals surface area (Å²) in [6.07, 6.45) is -0.342. The summed E-state index contributed by atoms with van der Waals surface area (Å²) in [6, 6.07) is 0. The highest BCUT2D eigenvalue weighted by Gasteiger charge is 2.62. The molecule has 0 aliphatic carbocycles. The van der Waals surface area contributed by atoms with E-state index in [1.165, 1.54) is 11.9 Å². The molecule has 4 rings (SSSR count). The smallest absolute Gasteiger partial charge is 0.383 e. The van der Waals surface area contributed by atoms with Gasteiger partial charge in [-0.2, -0.15) is 17.7 Å². The number of phosphoric acid groups is 2. The van der Waals surface area contributed by atoms with E-state index in [0.29, 0.717) is 6.26 Å². The number of rotatable bonds is 8. The third-order valence-electron chi connectivity index (χ3n) is 4.97. The van der Waals surface area contributed by atoms with Crippen LogP contribution in [0.25, 0.3) is 0 Å². The highest BCUT2D eigenvalue weighted by molar-refractivity contribution is 7.86. The Kier molecular flexibility index (Phi) is 8.92. The van der Waals surface area contributed by atoms with E-state index in [0.717, 1.165) is 4.90 Å². The van der Waals surface area contributed by atoms with Crippen LogP contribution in [0.3, 0.4) is 0 Å². The Hall–Kier alpha value is -2.46. The van der Waals surface area contributed by atoms with Crippen LogP contribution in [0.1, 0.15) is 0 Å². The average Bonchev–Trinajstić information content (AvgIpc) is 3.46. The minimum absolute atomic E-state index is 0.00725. The number of fused-ring (bicyclic) bond motifs is 1. The van der Waals surface area contributed by atoms with Crippen molar-refractivity contribution in [2.24, 2.45) is 0 Å². The van der Waals surface area contributed by atoms with Gasteiger partial charge in [0.2, 0.25) is 11.7 Å². The zero-order chi connectivity index (χ0) is 29.4. The third kappa shape index (κ3) is 7.60. The van der Waals surface area contributed by atoms with Crippen LogP contribution in [0, 0.1) is 0 Å². The monoisotopic (exact) mass is 621 g/mol. The molecule has 0 aromatic carbocycles. The predicted octanol–water partition coefficient (Wildman–Crippen LogP) is -3.05. The summed E-state index contributed by atoms with van der Waals surface area (Å²) in [7, 11) is -14.0. The van der Waals surface area contributed by atoms with Gasteiger partial charge in [-0.1, -0.05) is 0 Å². The first-order chi connectivity index (χ1) is 17.8. The van der Waals surface area contributed by atoms with Crippen molar-refractivity contribution in [3.8, 4) is 0 Å². The quantitative estimate of drug-likeness (QED) is 0.0824. The van der Waals surface area contributed by atoms with Crippen molar-refractivity contribution in [2.45, 2.75) is 24.2 Å². The second-order valence-electron chi connectivity index (χ2n) is 8.03. The Morgan fingerprint density at radius 3 is 2.51 bits per heavy atom. The summed E-state index contributed by atoms with van der Waals surface area (Å²) in [5.41, 5.74) is 4.90. The van der Waals surface area contributed by atoms with Crippen LogP contribution in [0.15, 0.2) is 23.5 Å². The van der Waals surface area contributed by atoms with Crippen LogP contribution >= 0.6 is 15.6 Å². The van der Waals surface area contributed by atoms with Crippen molar-refractivity contribution in [1.29, 1.82) is 0 Å². The van der Waals surface area contributed by atoms with E-state index in [9.17, 15) is 37.4 Å². The van der Waals surface area contributed by atoms with Gasteiger partial charge in [-0.3, -0.25) is 14.3 Å². The first-order valence-electron chi connectivity index (χ1n) is 10.3. The Morgan fingerprint density at radius 2 is 2.00 bits per heavy atom. The summed E-state index contributed by atoms with van der Waals surface area (Å²) in [4.78, 5) is 54.2. The molecule has 0 radical (unpaired) electrons. The number of aromatic nitrogens is 4. The number of ether oxygens (including phenoxy) is 1. The minimum Gasteiger partial charge on any atom is -0.383 e. The van der Waals surface area contributed by atoms with E-state index in [1.54, 1.807) is 18.7 Å². The predicted molar refractivity (Wildman–Crippen MR) is 128 cm³/mol. The maximum Gasteiger partial charge on any atom is 0.481 e. The van der Waals surface area contributed by atoms with Crippen LogP contribution in [0.4, 0.5) is 17.5 Å². The molecule has 9 N–H and O–H groups in total. The molecule has 24 heteroatoms. The molecule has 2 aliphatic heterocycles. The molecule has 2 aliphatic rings. The fourth-order valence-corrected chi connectivity index (χ4v) is 5.88. The van der Waals surface area contributed by atoms with E-state index in [1.807, 2.05) is 0 Å². The van der Waals surface area contributed by atoms with Crippen molar-refractivity contribution < 1.29 is 60.2 Å². The molecule has 0 amide bonds. The Bertz CT molecular complexity index is 1400. The van der Waals surface area contributed by atoms with Gasteiger partial charge < -0.3 is 50.1 Å². The van der Waals surface area contributed by atoms with Crippen molar-refractivity contribution >= 4 is 43.2 Å². The number of imidazole rings is 1. The molecule has 2 aromatic heterocycles. The van der Waals surface area contributed by atoms with E-state index in [-0.39, 0.29) is 24.1 Å². The number of nitrogens with zero attached hydrogens (tertiary/aromatic N) is 4. The van der Waals surface area contributed by atoms with Crippen LogP contribution in [-0.4, -0.2) is 104 Å². The fourth-order valence-electron chi connectivity index (χ4n) is 3.60. The van der Waals surface area contributed by atoms with E-state index in [2.05, 4.69) is 33.0 Å². The highest BCUT2D eigenvalue weighted by atomic mass is 32.2. The molecule has 39 heavy (non-hydrogen) atoms. The van der Waals surface area contributed by atoms with Crippen molar-refractivity contribution in [3.63, 3.8) is 0 Å². The lowest BCUT2D eigenvalue weighted by atomic mass is 10.1. The lowest BCUT2D eigenvalue weighted by Crippen LogP contribution is -2.55. The average molecular weight is 621 g/mol. The summed E-state index contributed by atoms with van der Waals surface area (Å²) >= 11 is 0. The number of aromatic amines is 2. The summed E-state index contributed by atoms with van der Waals surface area (Å²) in [6.45, 7) is -1.44. The zero-order valence-corrected chi connectivity index (χ0v) is 22.6. The SMILES string of the molecule is CN1CN([C@@H]2O[C@H](COP(=O)(O)OP(=O)(O)O)[C@](O)(OS(C)(=O)=O)[C@H]2O)c2nc(N)[nH]c(=O)c21.c1c[nH]cn1. The summed E-state index contributed by atoms with van der Waals surface area (Å²) < 4.78 is 64.1. The molecule has 21 nitrogen and oxygen atoms in total. The van der Waals surface area contributed by atoms with Crippen LogP contribution < -0.4 is 21.1 Å². The first kappa shape index (κ1) is 31.1. The van der Waals surface area contributed by atoms with Gasteiger partial charge in [0.05, 0.1) is 25.9 Å². The molecule has 5 atom stereocenters. The van der Waals surface area contributed by atoms with Gasteiger partial charge in [-0.25, -0.2) is 18.3 Å².